The molecule has 6 nitrogen and oxygen atoms in total. The van der Waals surface area contributed by atoms with Crippen molar-refractivity contribution >= 4 is 21.7 Å². The minimum atomic E-state index is -3.70. The van der Waals surface area contributed by atoms with Crippen molar-refractivity contribution in [2.75, 3.05) is 12.3 Å². The van der Waals surface area contributed by atoms with Gasteiger partial charge in [0.05, 0.1) is 10.5 Å². The molecule has 1 aromatic carbocycles. The van der Waals surface area contributed by atoms with Crippen molar-refractivity contribution in [2.24, 2.45) is 5.92 Å². The lowest BCUT2D eigenvalue weighted by Gasteiger charge is -2.10. The van der Waals surface area contributed by atoms with Crippen molar-refractivity contribution in [1.82, 2.24) is 4.72 Å². The van der Waals surface area contributed by atoms with Gasteiger partial charge in [0.1, 0.15) is 0 Å². The van der Waals surface area contributed by atoms with E-state index in [0.717, 1.165) is 6.07 Å². The second-order valence-corrected chi connectivity index (χ2v) is 6.07. The van der Waals surface area contributed by atoms with Crippen LogP contribution in [0.3, 0.4) is 0 Å². The number of benzene rings is 1. The van der Waals surface area contributed by atoms with E-state index < -0.39 is 16.0 Å². The molecule has 0 atom stereocenters. The van der Waals surface area contributed by atoms with E-state index in [9.17, 15) is 13.2 Å². The maximum absolute atomic E-state index is 11.9. The van der Waals surface area contributed by atoms with Crippen LogP contribution >= 0.6 is 0 Å². The zero-order valence-corrected chi connectivity index (χ0v) is 11.0. The van der Waals surface area contributed by atoms with Crippen LogP contribution in [-0.2, 0) is 10.0 Å². The zero-order valence-electron chi connectivity index (χ0n) is 10.2. The Morgan fingerprint density at radius 2 is 2.06 bits per heavy atom. The van der Waals surface area contributed by atoms with E-state index in [0.29, 0.717) is 0 Å². The number of hydrogen-bond donors (Lipinski definition) is 3. The molecule has 0 bridgehead atoms. The highest BCUT2D eigenvalue weighted by molar-refractivity contribution is 7.89. The molecule has 0 saturated heterocycles. The van der Waals surface area contributed by atoms with Gasteiger partial charge in [-0.25, -0.2) is 17.9 Å². The third kappa shape index (κ3) is 3.44. The van der Waals surface area contributed by atoms with Crippen LogP contribution in [0.15, 0.2) is 23.1 Å². The van der Waals surface area contributed by atoms with Crippen molar-refractivity contribution in [1.29, 1.82) is 0 Å². The number of nitrogen functional groups attached to an aromatic ring is 1. The molecule has 0 unspecified atom stereocenters. The summed E-state index contributed by atoms with van der Waals surface area (Å²) in [7, 11) is -3.70. The monoisotopic (exact) mass is 272 g/mol. The molecule has 0 radical (unpaired) electrons. The zero-order chi connectivity index (χ0) is 13.9. The molecule has 0 heterocycles. The molecule has 18 heavy (non-hydrogen) atoms. The number of carbonyl (C=O) groups is 1. The van der Waals surface area contributed by atoms with E-state index in [4.69, 9.17) is 10.8 Å². The first-order valence-corrected chi connectivity index (χ1v) is 6.85. The Labute approximate surface area is 106 Å². The molecule has 4 N–H and O–H groups in total. The topological polar surface area (TPSA) is 109 Å². The first-order valence-electron chi connectivity index (χ1n) is 5.36. The van der Waals surface area contributed by atoms with Crippen LogP contribution in [0.4, 0.5) is 5.69 Å². The number of hydrogen-bond acceptors (Lipinski definition) is 4. The average molecular weight is 272 g/mol. The van der Waals surface area contributed by atoms with Gasteiger partial charge >= 0.3 is 5.97 Å². The highest BCUT2D eigenvalue weighted by Crippen LogP contribution is 2.18. The fourth-order valence-corrected chi connectivity index (χ4v) is 2.49. The Kier molecular flexibility index (Phi) is 4.31. The molecule has 0 fully saturated rings. The van der Waals surface area contributed by atoms with Gasteiger partial charge in [-0.1, -0.05) is 13.8 Å². The molecule has 0 spiro atoms. The Hall–Kier alpha value is -1.60. The van der Waals surface area contributed by atoms with Gasteiger partial charge < -0.3 is 10.8 Å². The lowest BCUT2D eigenvalue weighted by atomic mass is 10.2. The van der Waals surface area contributed by atoms with E-state index in [-0.39, 0.29) is 28.6 Å². The summed E-state index contributed by atoms with van der Waals surface area (Å²) in [4.78, 5) is 10.8. The van der Waals surface area contributed by atoms with E-state index in [2.05, 4.69) is 4.72 Å². The van der Waals surface area contributed by atoms with Crippen LogP contribution in [0.5, 0.6) is 0 Å². The predicted molar refractivity (Wildman–Crippen MR) is 67.8 cm³/mol. The van der Waals surface area contributed by atoms with E-state index in [1.165, 1.54) is 12.1 Å². The molecule has 100 valence electrons. The average Bonchev–Trinajstić information content (AvgIpc) is 2.26. The summed E-state index contributed by atoms with van der Waals surface area (Å²) in [5, 5.41) is 8.88. The molecule has 0 aliphatic rings. The van der Waals surface area contributed by atoms with Gasteiger partial charge in [-0.3, -0.25) is 0 Å². The van der Waals surface area contributed by atoms with Crippen molar-refractivity contribution in [3.05, 3.63) is 23.8 Å². The Balaban J connectivity index is 3.10. The number of nitrogens with two attached hydrogens (primary N) is 1. The van der Waals surface area contributed by atoms with Crippen LogP contribution in [-0.4, -0.2) is 26.0 Å². The lowest BCUT2D eigenvalue weighted by Crippen LogP contribution is -2.27. The largest absolute Gasteiger partial charge is 0.478 e. The molecule has 1 rings (SSSR count). The summed E-state index contributed by atoms with van der Waals surface area (Å²) in [6, 6.07) is 3.61. The van der Waals surface area contributed by atoms with Crippen LogP contribution in [0, 0.1) is 5.92 Å². The van der Waals surface area contributed by atoms with Crippen LogP contribution < -0.4 is 10.5 Å². The molecule has 0 amide bonds. The summed E-state index contributed by atoms with van der Waals surface area (Å²) in [6.07, 6.45) is 0. The SMILES string of the molecule is CC(C)CNS(=O)(=O)c1ccc(N)c(C(=O)O)c1. The van der Waals surface area contributed by atoms with Gasteiger partial charge in [0, 0.05) is 12.2 Å². The smallest absolute Gasteiger partial charge is 0.337 e. The standard InChI is InChI=1S/C11H16N2O4S/c1-7(2)6-13-18(16,17)8-3-4-10(12)9(5-8)11(14)15/h3-5,7,13H,6,12H2,1-2H3,(H,14,15). The van der Waals surface area contributed by atoms with Gasteiger partial charge in [0.2, 0.25) is 10.0 Å². The molecular weight excluding hydrogens is 256 g/mol. The second kappa shape index (κ2) is 5.36. The summed E-state index contributed by atoms with van der Waals surface area (Å²) in [6.45, 7) is 4.03. The van der Waals surface area contributed by atoms with Gasteiger partial charge in [0.25, 0.3) is 0 Å². The fraction of sp³-hybridized carbons (Fsp3) is 0.364. The van der Waals surface area contributed by atoms with Crippen molar-refractivity contribution in [2.45, 2.75) is 18.7 Å². The number of sulfonamides is 1. The maximum atomic E-state index is 11.9. The number of rotatable bonds is 5. The fourth-order valence-electron chi connectivity index (χ4n) is 1.25. The molecule has 7 heteroatoms. The van der Waals surface area contributed by atoms with Gasteiger partial charge in [-0.15, -0.1) is 0 Å². The first kappa shape index (κ1) is 14.5. The molecule has 0 saturated carbocycles. The molecule has 0 aliphatic carbocycles. The van der Waals surface area contributed by atoms with Crippen LogP contribution in [0.1, 0.15) is 24.2 Å². The van der Waals surface area contributed by atoms with E-state index >= 15 is 0 Å². The van der Waals surface area contributed by atoms with Crippen LogP contribution in [0.25, 0.3) is 0 Å². The Bertz CT molecular complexity index is 552. The van der Waals surface area contributed by atoms with Crippen molar-refractivity contribution < 1.29 is 18.3 Å². The third-order valence-electron chi connectivity index (χ3n) is 2.25. The van der Waals surface area contributed by atoms with Crippen molar-refractivity contribution in [3.8, 4) is 0 Å². The molecular formula is C11H16N2O4S. The number of aromatic carboxylic acids is 1. The number of nitrogens with one attached hydrogen (secondary N) is 1. The third-order valence-corrected chi connectivity index (χ3v) is 3.67. The van der Waals surface area contributed by atoms with E-state index in [1.54, 1.807) is 0 Å². The highest BCUT2D eigenvalue weighted by atomic mass is 32.2. The second-order valence-electron chi connectivity index (χ2n) is 4.30. The number of carboxylic acids is 1. The number of carboxylic acid groups (broad SMARTS) is 1. The van der Waals surface area contributed by atoms with Crippen molar-refractivity contribution in [3.63, 3.8) is 0 Å². The maximum Gasteiger partial charge on any atom is 0.337 e. The summed E-state index contributed by atoms with van der Waals surface area (Å²) >= 11 is 0. The summed E-state index contributed by atoms with van der Waals surface area (Å²) < 4.78 is 26.2. The summed E-state index contributed by atoms with van der Waals surface area (Å²) in [5.41, 5.74) is 5.27. The Morgan fingerprint density at radius 1 is 1.44 bits per heavy atom. The Morgan fingerprint density at radius 3 is 2.56 bits per heavy atom. The molecule has 1 aromatic rings. The minimum absolute atomic E-state index is 0.0327. The van der Waals surface area contributed by atoms with Gasteiger partial charge in [-0.05, 0) is 24.1 Å². The van der Waals surface area contributed by atoms with E-state index in [1.807, 2.05) is 13.8 Å². The normalized spacial score (nSPS) is 11.7. The quantitative estimate of drug-likeness (QED) is 0.690. The first-order chi connectivity index (χ1) is 8.24. The molecule has 0 aromatic heterocycles. The number of anilines is 1. The molecule has 0 aliphatic heterocycles. The summed E-state index contributed by atoms with van der Waals surface area (Å²) in [5.74, 6) is -1.10. The van der Waals surface area contributed by atoms with Crippen LogP contribution in [0.2, 0.25) is 0 Å². The minimum Gasteiger partial charge on any atom is -0.478 e. The van der Waals surface area contributed by atoms with Gasteiger partial charge in [-0.2, -0.15) is 0 Å². The lowest BCUT2D eigenvalue weighted by molar-refractivity contribution is 0.0698. The van der Waals surface area contributed by atoms with Gasteiger partial charge in [0.15, 0.2) is 0 Å². The highest BCUT2D eigenvalue weighted by Gasteiger charge is 2.17. The predicted octanol–water partition coefficient (Wildman–Crippen LogP) is 0.901.